The number of nitrogens with zero attached hydrogens (tertiary/aromatic N) is 3. The van der Waals surface area contributed by atoms with Gasteiger partial charge in [0.2, 0.25) is 0 Å². The minimum atomic E-state index is 0.121. The van der Waals surface area contributed by atoms with Crippen LogP contribution in [0, 0.1) is 0 Å². The van der Waals surface area contributed by atoms with Gasteiger partial charge >= 0.3 is 0 Å². The van der Waals surface area contributed by atoms with Crippen LogP contribution in [0.4, 0.5) is 0 Å². The molecule has 1 aromatic heterocycles. The molecule has 1 atom stereocenters. The van der Waals surface area contributed by atoms with Crippen molar-refractivity contribution < 1.29 is 0 Å². The number of likely N-dealkylation sites (tertiary alicyclic amines) is 1. The molecule has 0 amide bonds. The molecule has 0 radical (unpaired) electrons. The highest BCUT2D eigenvalue weighted by molar-refractivity contribution is 7.09. The lowest BCUT2D eigenvalue weighted by atomic mass is 9.98. The SMILES string of the molecule is CN=C(NCc1csc(C(C)(C)C)n1)NC1CCN(C2CCCC2)C1. The number of nitrogens with one attached hydrogen (secondary N) is 2. The molecule has 0 spiro atoms. The van der Waals surface area contributed by atoms with Gasteiger partial charge in [0.1, 0.15) is 0 Å². The number of rotatable bonds is 4. The summed E-state index contributed by atoms with van der Waals surface area (Å²) in [5.41, 5.74) is 1.22. The van der Waals surface area contributed by atoms with Crippen LogP contribution in [0.2, 0.25) is 0 Å². The average molecular weight is 364 g/mol. The van der Waals surface area contributed by atoms with Crippen LogP contribution in [0.15, 0.2) is 10.4 Å². The topological polar surface area (TPSA) is 52.6 Å². The van der Waals surface area contributed by atoms with E-state index in [1.165, 1.54) is 43.7 Å². The van der Waals surface area contributed by atoms with E-state index in [-0.39, 0.29) is 5.41 Å². The Kier molecular flexibility index (Phi) is 6.00. The van der Waals surface area contributed by atoms with Crippen LogP contribution < -0.4 is 10.6 Å². The summed E-state index contributed by atoms with van der Waals surface area (Å²) in [5.74, 6) is 0.892. The highest BCUT2D eigenvalue weighted by Crippen LogP contribution is 2.27. The predicted molar refractivity (Wildman–Crippen MR) is 106 cm³/mol. The van der Waals surface area contributed by atoms with E-state index in [0.29, 0.717) is 6.04 Å². The summed E-state index contributed by atoms with van der Waals surface area (Å²) < 4.78 is 0. The second-order valence-electron chi connectivity index (χ2n) is 8.38. The quantitative estimate of drug-likeness (QED) is 0.637. The van der Waals surface area contributed by atoms with Gasteiger partial charge in [-0.3, -0.25) is 9.89 Å². The summed E-state index contributed by atoms with van der Waals surface area (Å²) in [6.45, 7) is 9.72. The molecule has 1 unspecified atom stereocenters. The number of hydrogen-bond acceptors (Lipinski definition) is 4. The number of thiazole rings is 1. The maximum Gasteiger partial charge on any atom is 0.191 e. The van der Waals surface area contributed by atoms with Gasteiger partial charge in [-0.15, -0.1) is 11.3 Å². The first-order valence-electron chi connectivity index (χ1n) is 9.62. The van der Waals surface area contributed by atoms with E-state index in [1.807, 2.05) is 7.05 Å². The Hall–Kier alpha value is -1.14. The molecule has 2 fully saturated rings. The number of aromatic nitrogens is 1. The lowest BCUT2D eigenvalue weighted by molar-refractivity contribution is 0.242. The van der Waals surface area contributed by atoms with Gasteiger partial charge in [0.15, 0.2) is 5.96 Å². The predicted octanol–water partition coefficient (Wildman–Crippen LogP) is 3.12. The highest BCUT2D eigenvalue weighted by atomic mass is 32.1. The van der Waals surface area contributed by atoms with Crippen LogP contribution in [-0.2, 0) is 12.0 Å². The monoisotopic (exact) mass is 363 g/mol. The zero-order chi connectivity index (χ0) is 17.9. The Labute approximate surface area is 156 Å². The van der Waals surface area contributed by atoms with Crippen LogP contribution in [0.5, 0.6) is 0 Å². The number of guanidine groups is 1. The molecule has 1 saturated carbocycles. The molecule has 5 nitrogen and oxygen atoms in total. The molecule has 6 heteroatoms. The van der Waals surface area contributed by atoms with Gasteiger partial charge < -0.3 is 10.6 Å². The van der Waals surface area contributed by atoms with Gasteiger partial charge in [-0.2, -0.15) is 0 Å². The van der Waals surface area contributed by atoms with Gasteiger partial charge in [0, 0.05) is 43.0 Å². The molecule has 2 heterocycles. The number of aliphatic imine (C=N–C) groups is 1. The summed E-state index contributed by atoms with van der Waals surface area (Å²) in [7, 11) is 1.85. The molecule has 0 bridgehead atoms. The first-order chi connectivity index (χ1) is 12.0. The molecule has 1 aliphatic heterocycles. The van der Waals surface area contributed by atoms with E-state index < -0.39 is 0 Å². The van der Waals surface area contributed by atoms with Crippen LogP contribution in [0.1, 0.15) is 63.6 Å². The van der Waals surface area contributed by atoms with Crippen LogP contribution in [0.3, 0.4) is 0 Å². The molecular weight excluding hydrogens is 330 g/mol. The van der Waals surface area contributed by atoms with Crippen molar-refractivity contribution in [3.05, 3.63) is 16.1 Å². The summed E-state index contributed by atoms with van der Waals surface area (Å²) in [4.78, 5) is 11.8. The van der Waals surface area contributed by atoms with Crippen molar-refractivity contribution in [3.63, 3.8) is 0 Å². The fourth-order valence-corrected chi connectivity index (χ4v) is 4.71. The Balaban J connectivity index is 1.46. The summed E-state index contributed by atoms with van der Waals surface area (Å²) >= 11 is 1.74. The molecule has 1 saturated heterocycles. The average Bonchev–Trinajstić information content (AvgIpc) is 3.30. The first kappa shape index (κ1) is 18.6. The Morgan fingerprint density at radius 3 is 2.72 bits per heavy atom. The third-order valence-corrected chi connectivity index (χ3v) is 6.57. The van der Waals surface area contributed by atoms with E-state index in [9.17, 15) is 0 Å². The molecule has 140 valence electrons. The van der Waals surface area contributed by atoms with Crippen molar-refractivity contribution in [2.24, 2.45) is 4.99 Å². The fourth-order valence-electron chi connectivity index (χ4n) is 3.80. The standard InChI is InChI=1S/C19H33N5S/c1-19(2,3)17-22-15(13-25-17)11-21-18(20-4)23-14-9-10-24(12-14)16-7-5-6-8-16/h13-14,16H,5-12H2,1-4H3,(H2,20,21,23). The van der Waals surface area contributed by atoms with Gasteiger partial charge in [-0.1, -0.05) is 33.6 Å². The van der Waals surface area contributed by atoms with Gasteiger partial charge in [0.05, 0.1) is 17.2 Å². The maximum absolute atomic E-state index is 4.75. The molecule has 1 aromatic rings. The van der Waals surface area contributed by atoms with E-state index >= 15 is 0 Å². The smallest absolute Gasteiger partial charge is 0.191 e. The second-order valence-corrected chi connectivity index (χ2v) is 9.24. The summed E-state index contributed by atoms with van der Waals surface area (Å²) in [5, 5.41) is 10.4. The molecule has 3 rings (SSSR count). The minimum Gasteiger partial charge on any atom is -0.352 e. The van der Waals surface area contributed by atoms with Crippen molar-refractivity contribution in [3.8, 4) is 0 Å². The molecule has 25 heavy (non-hydrogen) atoms. The molecule has 2 N–H and O–H groups in total. The van der Waals surface area contributed by atoms with E-state index in [1.54, 1.807) is 11.3 Å². The van der Waals surface area contributed by atoms with Crippen molar-refractivity contribution in [1.82, 2.24) is 20.5 Å². The van der Waals surface area contributed by atoms with Crippen molar-refractivity contribution in [1.29, 1.82) is 0 Å². The van der Waals surface area contributed by atoms with Crippen molar-refractivity contribution in [2.45, 2.75) is 76.9 Å². The molecule has 1 aliphatic carbocycles. The highest BCUT2D eigenvalue weighted by Gasteiger charge is 2.30. The molecular formula is C19H33N5S. The van der Waals surface area contributed by atoms with E-state index in [2.05, 4.69) is 46.7 Å². The lowest BCUT2D eigenvalue weighted by Gasteiger charge is -2.24. The Morgan fingerprint density at radius 1 is 1.32 bits per heavy atom. The van der Waals surface area contributed by atoms with Crippen molar-refractivity contribution in [2.75, 3.05) is 20.1 Å². The summed E-state index contributed by atoms with van der Waals surface area (Å²) in [6, 6.07) is 1.33. The zero-order valence-corrected chi connectivity index (χ0v) is 17.0. The normalized spacial score (nSPS) is 23.4. The van der Waals surface area contributed by atoms with Gasteiger partial charge in [-0.05, 0) is 19.3 Å². The van der Waals surface area contributed by atoms with Crippen LogP contribution >= 0.6 is 11.3 Å². The molecule has 2 aliphatic rings. The first-order valence-corrected chi connectivity index (χ1v) is 10.5. The van der Waals surface area contributed by atoms with Gasteiger partial charge in [-0.25, -0.2) is 4.98 Å². The molecule has 0 aromatic carbocycles. The minimum absolute atomic E-state index is 0.121. The van der Waals surface area contributed by atoms with Gasteiger partial charge in [0.25, 0.3) is 0 Å². The summed E-state index contributed by atoms with van der Waals surface area (Å²) in [6.07, 6.45) is 6.81. The maximum atomic E-state index is 4.75. The Morgan fingerprint density at radius 2 is 2.08 bits per heavy atom. The largest absolute Gasteiger partial charge is 0.352 e. The van der Waals surface area contributed by atoms with E-state index in [4.69, 9.17) is 4.98 Å². The van der Waals surface area contributed by atoms with Crippen LogP contribution in [0.25, 0.3) is 0 Å². The van der Waals surface area contributed by atoms with E-state index in [0.717, 1.165) is 30.8 Å². The third-order valence-electron chi connectivity index (χ3n) is 5.26. The lowest BCUT2D eigenvalue weighted by Crippen LogP contribution is -2.45. The van der Waals surface area contributed by atoms with Crippen molar-refractivity contribution >= 4 is 17.3 Å². The zero-order valence-electron chi connectivity index (χ0n) is 16.1. The fraction of sp³-hybridized carbons (Fsp3) is 0.789. The Bertz CT molecular complexity index is 583. The number of hydrogen-bond donors (Lipinski definition) is 2. The second kappa shape index (κ2) is 8.04. The third kappa shape index (κ3) is 4.94. The van der Waals surface area contributed by atoms with Crippen LogP contribution in [-0.4, -0.2) is 48.1 Å².